The second-order valence-corrected chi connectivity index (χ2v) is 5.68. The number of hydrogen-bond acceptors (Lipinski definition) is 5. The van der Waals surface area contributed by atoms with Crippen molar-refractivity contribution in [3.63, 3.8) is 0 Å². The number of urea groups is 1. The lowest BCUT2D eigenvalue weighted by molar-refractivity contribution is -0.115. The molecule has 2 aromatic carbocycles. The van der Waals surface area contributed by atoms with E-state index in [2.05, 4.69) is 31.7 Å². The van der Waals surface area contributed by atoms with Crippen LogP contribution < -0.4 is 21.5 Å². The van der Waals surface area contributed by atoms with Crippen LogP contribution in [0.1, 0.15) is 25.0 Å². The van der Waals surface area contributed by atoms with Crippen LogP contribution in [0.25, 0.3) is 0 Å². The highest BCUT2D eigenvalue weighted by atomic mass is 16.2. The summed E-state index contributed by atoms with van der Waals surface area (Å²) in [5.74, 6) is -0.298. The van der Waals surface area contributed by atoms with Gasteiger partial charge in [-0.1, -0.05) is 24.3 Å². The molecule has 0 saturated heterocycles. The van der Waals surface area contributed by atoms with E-state index in [1.807, 2.05) is 0 Å². The van der Waals surface area contributed by atoms with Crippen molar-refractivity contribution in [2.45, 2.75) is 13.8 Å². The SMILES string of the molecule is CC(=O)Nc1ccc(/C=N\NC(=O)N/N=C\c2ccc(NC(C)=O)cc2)cc1. The summed E-state index contributed by atoms with van der Waals surface area (Å²) in [7, 11) is 0. The van der Waals surface area contributed by atoms with E-state index in [0.29, 0.717) is 11.4 Å². The van der Waals surface area contributed by atoms with Crippen molar-refractivity contribution < 1.29 is 14.4 Å². The molecule has 0 radical (unpaired) electrons. The van der Waals surface area contributed by atoms with Crippen LogP contribution in [0, 0.1) is 0 Å². The van der Waals surface area contributed by atoms with Gasteiger partial charge in [-0.15, -0.1) is 0 Å². The molecule has 0 bridgehead atoms. The number of hydrazone groups is 2. The summed E-state index contributed by atoms with van der Waals surface area (Å²) in [6.45, 7) is 2.86. The average Bonchev–Trinajstić information content (AvgIpc) is 2.64. The maximum atomic E-state index is 11.6. The van der Waals surface area contributed by atoms with E-state index in [-0.39, 0.29) is 11.8 Å². The first-order valence-electron chi connectivity index (χ1n) is 8.30. The third-order valence-corrected chi connectivity index (χ3v) is 3.22. The van der Waals surface area contributed by atoms with Crippen molar-refractivity contribution in [1.29, 1.82) is 0 Å². The van der Waals surface area contributed by atoms with Crippen molar-refractivity contribution in [2.24, 2.45) is 10.2 Å². The summed E-state index contributed by atoms with van der Waals surface area (Å²) in [5.41, 5.74) is 7.41. The van der Waals surface area contributed by atoms with Gasteiger partial charge in [0.15, 0.2) is 0 Å². The lowest BCUT2D eigenvalue weighted by atomic mass is 10.2. The molecule has 0 spiro atoms. The Labute approximate surface area is 161 Å². The van der Waals surface area contributed by atoms with Crippen LogP contribution in [0.15, 0.2) is 58.7 Å². The number of carbonyl (C=O) groups excluding carboxylic acids is 3. The molecule has 0 saturated carbocycles. The zero-order valence-electron chi connectivity index (χ0n) is 15.4. The fourth-order valence-corrected chi connectivity index (χ4v) is 2.07. The number of amides is 4. The van der Waals surface area contributed by atoms with Gasteiger partial charge in [0, 0.05) is 25.2 Å². The van der Waals surface area contributed by atoms with Gasteiger partial charge in [0.1, 0.15) is 0 Å². The number of benzene rings is 2. The molecule has 4 N–H and O–H groups in total. The van der Waals surface area contributed by atoms with Crippen molar-refractivity contribution in [1.82, 2.24) is 10.9 Å². The Morgan fingerprint density at radius 2 is 1.04 bits per heavy atom. The molecule has 0 atom stereocenters. The van der Waals surface area contributed by atoms with Gasteiger partial charge in [-0.3, -0.25) is 9.59 Å². The molecule has 144 valence electrons. The molecule has 2 rings (SSSR count). The van der Waals surface area contributed by atoms with Gasteiger partial charge in [0.25, 0.3) is 0 Å². The highest BCUT2D eigenvalue weighted by Gasteiger charge is 1.97. The normalized spacial score (nSPS) is 10.6. The molecule has 0 aliphatic rings. The van der Waals surface area contributed by atoms with E-state index in [9.17, 15) is 14.4 Å². The maximum Gasteiger partial charge on any atom is 0.355 e. The van der Waals surface area contributed by atoms with Crippen LogP contribution >= 0.6 is 0 Å². The van der Waals surface area contributed by atoms with Gasteiger partial charge >= 0.3 is 6.03 Å². The van der Waals surface area contributed by atoms with E-state index in [1.165, 1.54) is 26.3 Å². The van der Waals surface area contributed by atoms with E-state index >= 15 is 0 Å². The van der Waals surface area contributed by atoms with Gasteiger partial charge < -0.3 is 10.6 Å². The molecular weight excluding hydrogens is 360 g/mol. The van der Waals surface area contributed by atoms with Crippen LogP contribution in [0.5, 0.6) is 0 Å². The molecule has 4 amide bonds. The Hall–Kier alpha value is -4.01. The Kier molecular flexibility index (Phi) is 7.41. The third kappa shape index (κ3) is 7.48. The summed E-state index contributed by atoms with van der Waals surface area (Å²) >= 11 is 0. The topological polar surface area (TPSA) is 124 Å². The third-order valence-electron chi connectivity index (χ3n) is 3.22. The van der Waals surface area contributed by atoms with Crippen LogP contribution in [-0.4, -0.2) is 30.3 Å². The average molecular weight is 380 g/mol. The summed E-state index contributed by atoms with van der Waals surface area (Å²) < 4.78 is 0. The molecule has 0 fully saturated rings. The molecule has 9 heteroatoms. The van der Waals surface area contributed by atoms with Crippen molar-refractivity contribution in [3.8, 4) is 0 Å². The molecule has 0 aliphatic heterocycles. The molecule has 0 aromatic heterocycles. The zero-order valence-corrected chi connectivity index (χ0v) is 15.4. The van der Waals surface area contributed by atoms with E-state index in [0.717, 1.165) is 11.1 Å². The molecule has 0 aliphatic carbocycles. The van der Waals surface area contributed by atoms with E-state index in [4.69, 9.17) is 0 Å². The lowest BCUT2D eigenvalue weighted by Crippen LogP contribution is -2.28. The number of nitrogens with zero attached hydrogens (tertiary/aromatic N) is 2. The molecule has 0 heterocycles. The number of nitrogens with one attached hydrogen (secondary N) is 4. The minimum absolute atomic E-state index is 0.149. The smallest absolute Gasteiger partial charge is 0.326 e. The number of rotatable bonds is 6. The van der Waals surface area contributed by atoms with Gasteiger partial charge in [-0.25, -0.2) is 15.6 Å². The van der Waals surface area contributed by atoms with Crippen molar-refractivity contribution in [2.75, 3.05) is 10.6 Å². The molecule has 2 aromatic rings. The summed E-state index contributed by atoms with van der Waals surface area (Å²) in [5, 5.41) is 12.9. The van der Waals surface area contributed by atoms with E-state index in [1.54, 1.807) is 48.5 Å². The first-order valence-corrected chi connectivity index (χ1v) is 8.30. The Bertz CT molecular complexity index is 815. The molecular formula is C19H20N6O3. The first kappa shape index (κ1) is 20.3. The quantitative estimate of drug-likeness (QED) is 0.454. The Morgan fingerprint density at radius 1 is 0.679 bits per heavy atom. The van der Waals surface area contributed by atoms with Gasteiger partial charge in [0.2, 0.25) is 11.8 Å². The zero-order chi connectivity index (χ0) is 20.4. The molecule has 28 heavy (non-hydrogen) atoms. The van der Waals surface area contributed by atoms with Gasteiger partial charge in [0.05, 0.1) is 12.4 Å². The van der Waals surface area contributed by atoms with Crippen molar-refractivity contribution >= 4 is 41.6 Å². The van der Waals surface area contributed by atoms with Crippen molar-refractivity contribution in [3.05, 3.63) is 59.7 Å². The van der Waals surface area contributed by atoms with Gasteiger partial charge in [-0.2, -0.15) is 10.2 Å². The van der Waals surface area contributed by atoms with Crippen LogP contribution in [0.2, 0.25) is 0 Å². The van der Waals surface area contributed by atoms with Gasteiger partial charge in [-0.05, 0) is 35.4 Å². The number of hydrogen-bond donors (Lipinski definition) is 4. The second-order valence-electron chi connectivity index (χ2n) is 5.68. The largest absolute Gasteiger partial charge is 0.355 e. The minimum Gasteiger partial charge on any atom is -0.326 e. The van der Waals surface area contributed by atoms with E-state index < -0.39 is 6.03 Å². The Morgan fingerprint density at radius 3 is 1.36 bits per heavy atom. The highest BCUT2D eigenvalue weighted by Crippen LogP contribution is 2.08. The first-order chi connectivity index (χ1) is 13.4. The predicted octanol–water partition coefficient (Wildman–Crippen LogP) is 2.27. The lowest BCUT2D eigenvalue weighted by Gasteiger charge is -2.02. The van der Waals surface area contributed by atoms with Crippen LogP contribution in [0.3, 0.4) is 0 Å². The molecule has 0 unspecified atom stereocenters. The maximum absolute atomic E-state index is 11.6. The predicted molar refractivity (Wildman–Crippen MR) is 108 cm³/mol. The Balaban J connectivity index is 1.77. The fraction of sp³-hybridized carbons (Fsp3) is 0.105. The summed E-state index contributed by atoms with van der Waals surface area (Å²) in [6, 6.07) is 13.3. The standard InChI is InChI=1S/C19H20N6O3/c1-13(26)22-17-7-3-15(4-8-17)11-20-24-19(28)25-21-12-16-5-9-18(10-6-16)23-14(2)27/h3-12H,1-2H3,(H,22,26)(H,23,27)(H2,24,25,28)/b20-11-,21-12-. The highest BCUT2D eigenvalue weighted by molar-refractivity contribution is 5.90. The number of carbonyl (C=O) groups is 3. The molecule has 9 nitrogen and oxygen atoms in total. The summed E-state index contributed by atoms with van der Waals surface area (Å²) in [4.78, 5) is 33.5. The monoisotopic (exact) mass is 380 g/mol. The fourth-order valence-electron chi connectivity index (χ4n) is 2.07. The minimum atomic E-state index is -0.600. The summed E-state index contributed by atoms with van der Waals surface area (Å²) in [6.07, 6.45) is 2.92. The second kappa shape index (κ2) is 10.2. The van der Waals surface area contributed by atoms with Crippen LogP contribution in [0.4, 0.5) is 16.2 Å². The number of anilines is 2. The van der Waals surface area contributed by atoms with Crippen LogP contribution in [-0.2, 0) is 9.59 Å².